The SMILES string of the molecule is NCCC(=O)c1ccc(F)cc1N1CCCC1. The minimum absolute atomic E-state index is 0.00519. The highest BCUT2D eigenvalue weighted by Crippen LogP contribution is 2.26. The highest BCUT2D eigenvalue weighted by Gasteiger charge is 2.19. The van der Waals surface area contributed by atoms with E-state index in [1.807, 2.05) is 0 Å². The van der Waals surface area contributed by atoms with Gasteiger partial charge in [0.15, 0.2) is 5.78 Å². The molecule has 3 nitrogen and oxygen atoms in total. The first-order valence-electron chi connectivity index (χ1n) is 6.00. The standard InChI is InChI=1S/C13H17FN2O/c14-10-3-4-11(13(17)5-6-15)12(9-10)16-7-1-2-8-16/h3-4,9H,1-2,5-8,15H2. The Balaban J connectivity index is 2.33. The maximum absolute atomic E-state index is 13.3. The molecule has 2 rings (SSSR count). The van der Waals surface area contributed by atoms with E-state index in [1.165, 1.54) is 12.1 Å². The van der Waals surface area contributed by atoms with Gasteiger partial charge in [-0.15, -0.1) is 0 Å². The van der Waals surface area contributed by atoms with E-state index in [0.717, 1.165) is 31.6 Å². The van der Waals surface area contributed by atoms with Crippen LogP contribution in [0.5, 0.6) is 0 Å². The van der Waals surface area contributed by atoms with E-state index in [4.69, 9.17) is 5.73 Å². The number of carbonyl (C=O) groups excluding carboxylic acids is 1. The molecule has 4 heteroatoms. The fourth-order valence-corrected chi connectivity index (χ4v) is 2.23. The van der Waals surface area contributed by atoms with Gasteiger partial charge in [0.1, 0.15) is 5.82 Å². The van der Waals surface area contributed by atoms with Crippen LogP contribution < -0.4 is 10.6 Å². The fourth-order valence-electron chi connectivity index (χ4n) is 2.23. The summed E-state index contributed by atoms with van der Waals surface area (Å²) < 4.78 is 13.3. The molecule has 0 unspecified atom stereocenters. The molecule has 1 aliphatic heterocycles. The molecule has 1 fully saturated rings. The van der Waals surface area contributed by atoms with E-state index in [0.29, 0.717) is 18.5 Å². The number of carbonyl (C=O) groups is 1. The second-order valence-electron chi connectivity index (χ2n) is 4.32. The van der Waals surface area contributed by atoms with Gasteiger partial charge in [-0.2, -0.15) is 0 Å². The molecule has 0 radical (unpaired) electrons. The maximum Gasteiger partial charge on any atom is 0.166 e. The summed E-state index contributed by atoms with van der Waals surface area (Å²) in [5.74, 6) is -0.300. The number of nitrogens with zero attached hydrogens (tertiary/aromatic N) is 1. The Labute approximate surface area is 100 Å². The zero-order valence-electron chi connectivity index (χ0n) is 9.79. The Bertz CT molecular complexity index is 414. The van der Waals surface area contributed by atoms with Crippen LogP contribution in [0, 0.1) is 5.82 Å². The predicted octanol–water partition coefficient (Wildman–Crippen LogP) is 1.96. The molecule has 1 heterocycles. The molecule has 0 atom stereocenters. The quantitative estimate of drug-likeness (QED) is 0.813. The summed E-state index contributed by atoms with van der Waals surface area (Å²) in [5.41, 5.74) is 6.71. The molecule has 17 heavy (non-hydrogen) atoms. The largest absolute Gasteiger partial charge is 0.371 e. The zero-order valence-corrected chi connectivity index (χ0v) is 9.79. The molecule has 1 aliphatic rings. The first kappa shape index (κ1) is 12.0. The van der Waals surface area contributed by atoms with Crippen molar-refractivity contribution in [2.24, 2.45) is 5.73 Å². The van der Waals surface area contributed by atoms with Gasteiger partial charge in [-0.25, -0.2) is 4.39 Å². The summed E-state index contributed by atoms with van der Waals surface area (Å²) in [6.45, 7) is 2.12. The number of benzene rings is 1. The summed E-state index contributed by atoms with van der Waals surface area (Å²) >= 11 is 0. The van der Waals surface area contributed by atoms with E-state index in [9.17, 15) is 9.18 Å². The molecular weight excluding hydrogens is 219 g/mol. The minimum atomic E-state index is -0.295. The molecular formula is C13H17FN2O. The van der Waals surface area contributed by atoms with Crippen molar-refractivity contribution >= 4 is 11.5 Å². The van der Waals surface area contributed by atoms with E-state index in [2.05, 4.69) is 4.90 Å². The van der Waals surface area contributed by atoms with E-state index in [-0.39, 0.29) is 11.6 Å². The number of ketones is 1. The van der Waals surface area contributed by atoms with Gasteiger partial charge in [0.05, 0.1) is 5.69 Å². The van der Waals surface area contributed by atoms with Crippen LogP contribution in [0.15, 0.2) is 18.2 Å². The summed E-state index contributed by atoms with van der Waals surface area (Å²) in [7, 11) is 0. The van der Waals surface area contributed by atoms with Gasteiger partial charge in [-0.3, -0.25) is 4.79 Å². The first-order valence-corrected chi connectivity index (χ1v) is 6.00. The third kappa shape index (κ3) is 2.64. The summed E-state index contributed by atoms with van der Waals surface area (Å²) in [5, 5.41) is 0. The Kier molecular flexibility index (Phi) is 3.74. The van der Waals surface area contributed by atoms with Gasteiger partial charge in [0, 0.05) is 25.1 Å². The molecule has 1 aromatic carbocycles. The summed E-state index contributed by atoms with van der Waals surface area (Å²) in [6, 6.07) is 4.36. The normalized spacial score (nSPS) is 15.3. The van der Waals surface area contributed by atoms with Crippen LogP contribution in [0.3, 0.4) is 0 Å². The van der Waals surface area contributed by atoms with Crippen molar-refractivity contribution in [1.82, 2.24) is 0 Å². The predicted molar refractivity (Wildman–Crippen MR) is 65.8 cm³/mol. The van der Waals surface area contributed by atoms with Crippen LogP contribution in [0.25, 0.3) is 0 Å². The Morgan fingerprint density at radius 3 is 2.71 bits per heavy atom. The Hall–Kier alpha value is -1.42. The van der Waals surface area contributed by atoms with Crippen molar-refractivity contribution in [3.63, 3.8) is 0 Å². The first-order chi connectivity index (χ1) is 8.22. The number of nitrogens with two attached hydrogens (primary N) is 1. The number of rotatable bonds is 4. The highest BCUT2D eigenvalue weighted by molar-refractivity contribution is 6.01. The third-order valence-electron chi connectivity index (χ3n) is 3.08. The maximum atomic E-state index is 13.3. The second-order valence-corrected chi connectivity index (χ2v) is 4.32. The molecule has 1 aromatic rings. The van der Waals surface area contributed by atoms with Crippen molar-refractivity contribution in [2.45, 2.75) is 19.3 Å². The molecule has 0 bridgehead atoms. The third-order valence-corrected chi connectivity index (χ3v) is 3.08. The van der Waals surface area contributed by atoms with E-state index < -0.39 is 0 Å². The van der Waals surface area contributed by atoms with Crippen molar-refractivity contribution in [1.29, 1.82) is 0 Å². The number of hydrogen-bond acceptors (Lipinski definition) is 3. The molecule has 0 amide bonds. The van der Waals surface area contributed by atoms with Crippen LogP contribution in [-0.4, -0.2) is 25.4 Å². The molecule has 0 saturated carbocycles. The number of hydrogen-bond donors (Lipinski definition) is 1. The number of Topliss-reactive ketones (excluding diaryl/α,β-unsaturated/α-hetero) is 1. The van der Waals surface area contributed by atoms with Crippen molar-refractivity contribution in [2.75, 3.05) is 24.5 Å². The van der Waals surface area contributed by atoms with Gasteiger partial charge in [-0.05, 0) is 37.6 Å². The molecule has 0 aliphatic carbocycles. The average molecular weight is 236 g/mol. The number of anilines is 1. The lowest BCUT2D eigenvalue weighted by Crippen LogP contribution is -2.21. The molecule has 0 aromatic heterocycles. The number of halogens is 1. The van der Waals surface area contributed by atoms with Crippen LogP contribution in [0.2, 0.25) is 0 Å². The van der Waals surface area contributed by atoms with E-state index >= 15 is 0 Å². The molecule has 0 spiro atoms. The lowest BCUT2D eigenvalue weighted by atomic mass is 10.1. The lowest BCUT2D eigenvalue weighted by molar-refractivity contribution is 0.0986. The lowest BCUT2D eigenvalue weighted by Gasteiger charge is -2.20. The van der Waals surface area contributed by atoms with Crippen LogP contribution in [-0.2, 0) is 0 Å². The van der Waals surface area contributed by atoms with Crippen molar-refractivity contribution < 1.29 is 9.18 Å². The monoisotopic (exact) mass is 236 g/mol. The summed E-state index contributed by atoms with van der Waals surface area (Å²) in [4.78, 5) is 14.0. The highest BCUT2D eigenvalue weighted by atomic mass is 19.1. The Morgan fingerprint density at radius 1 is 1.35 bits per heavy atom. The topological polar surface area (TPSA) is 46.3 Å². The molecule has 2 N–H and O–H groups in total. The van der Waals surface area contributed by atoms with Gasteiger partial charge in [0.25, 0.3) is 0 Å². The fraction of sp³-hybridized carbons (Fsp3) is 0.462. The average Bonchev–Trinajstić information content (AvgIpc) is 2.82. The van der Waals surface area contributed by atoms with Crippen LogP contribution in [0.4, 0.5) is 10.1 Å². The second kappa shape index (κ2) is 5.27. The van der Waals surface area contributed by atoms with Crippen LogP contribution in [0.1, 0.15) is 29.6 Å². The van der Waals surface area contributed by atoms with E-state index in [1.54, 1.807) is 6.07 Å². The van der Waals surface area contributed by atoms with Gasteiger partial charge in [-0.1, -0.05) is 0 Å². The zero-order chi connectivity index (χ0) is 12.3. The van der Waals surface area contributed by atoms with Gasteiger partial charge in [0.2, 0.25) is 0 Å². The summed E-state index contributed by atoms with van der Waals surface area (Å²) in [6.07, 6.45) is 2.51. The molecule has 92 valence electrons. The molecule has 1 saturated heterocycles. The van der Waals surface area contributed by atoms with Gasteiger partial charge >= 0.3 is 0 Å². The van der Waals surface area contributed by atoms with Gasteiger partial charge < -0.3 is 10.6 Å². The Morgan fingerprint density at radius 2 is 2.06 bits per heavy atom. The van der Waals surface area contributed by atoms with Crippen molar-refractivity contribution in [3.05, 3.63) is 29.6 Å². The minimum Gasteiger partial charge on any atom is -0.371 e. The van der Waals surface area contributed by atoms with Crippen LogP contribution >= 0.6 is 0 Å². The van der Waals surface area contributed by atoms with Crippen molar-refractivity contribution in [3.8, 4) is 0 Å². The smallest absolute Gasteiger partial charge is 0.166 e.